The Morgan fingerprint density at radius 2 is 1.96 bits per heavy atom. The zero-order valence-corrected chi connectivity index (χ0v) is 15.0. The molecule has 0 saturated carbocycles. The van der Waals surface area contributed by atoms with E-state index in [-0.39, 0.29) is 18.4 Å². The number of carboxylic acids is 1. The van der Waals surface area contributed by atoms with Crippen molar-refractivity contribution in [1.29, 1.82) is 0 Å². The van der Waals surface area contributed by atoms with Crippen molar-refractivity contribution in [2.75, 3.05) is 7.11 Å². The number of aryl methyl sites for hydroxylation is 1. The smallest absolute Gasteiger partial charge is 0.304 e. The van der Waals surface area contributed by atoms with Crippen LogP contribution in [0.15, 0.2) is 42.5 Å². The molecule has 4 nitrogen and oxygen atoms in total. The van der Waals surface area contributed by atoms with Gasteiger partial charge in [0, 0.05) is 0 Å². The lowest BCUT2D eigenvalue weighted by atomic mass is 9.96. The maximum Gasteiger partial charge on any atom is 0.304 e. The third-order valence-corrected chi connectivity index (χ3v) is 4.63. The Balaban J connectivity index is 1.72. The number of carbonyl (C=O) groups is 1. The highest BCUT2D eigenvalue weighted by Crippen LogP contribution is 2.37. The molecule has 0 spiro atoms. The molecule has 0 aliphatic heterocycles. The molecule has 3 rings (SSSR count). The van der Waals surface area contributed by atoms with E-state index in [4.69, 9.17) is 14.6 Å². The maximum absolute atomic E-state index is 11.0. The van der Waals surface area contributed by atoms with Crippen LogP contribution in [0, 0.1) is 11.8 Å². The highest BCUT2D eigenvalue weighted by Gasteiger charge is 2.24. The molecule has 0 aromatic heterocycles. The first kappa shape index (κ1) is 17.9. The molecule has 0 bridgehead atoms. The number of fused-ring (bicyclic) bond motifs is 1. The molecule has 4 heteroatoms. The van der Waals surface area contributed by atoms with Crippen LogP contribution in [0.1, 0.15) is 48.5 Å². The molecule has 0 amide bonds. The standard InChI is InChI=1S/C22H22O4/c1-3-4-16(14-22(23)24)15-5-8-18(9-6-15)26-21-12-7-17-13-19(25-2)10-11-20(17)21/h5-6,8-11,13,16,21H,7,12,14H2,1-2H3,(H,23,24)/t16-,21?/m0/s1. The minimum absolute atomic E-state index is 0.00111. The minimum atomic E-state index is -0.851. The van der Waals surface area contributed by atoms with Gasteiger partial charge < -0.3 is 14.6 Å². The fourth-order valence-corrected chi connectivity index (χ4v) is 3.35. The average Bonchev–Trinajstić information content (AvgIpc) is 3.03. The molecule has 0 heterocycles. The number of hydrogen-bond acceptors (Lipinski definition) is 3. The van der Waals surface area contributed by atoms with Crippen LogP contribution in [0.25, 0.3) is 0 Å². The van der Waals surface area contributed by atoms with Crippen molar-refractivity contribution < 1.29 is 19.4 Å². The van der Waals surface area contributed by atoms with Gasteiger partial charge in [0.1, 0.15) is 17.6 Å². The van der Waals surface area contributed by atoms with Crippen LogP contribution < -0.4 is 9.47 Å². The molecular weight excluding hydrogens is 328 g/mol. The van der Waals surface area contributed by atoms with Gasteiger partial charge >= 0.3 is 5.97 Å². The lowest BCUT2D eigenvalue weighted by Gasteiger charge is -2.16. The van der Waals surface area contributed by atoms with E-state index in [1.54, 1.807) is 14.0 Å². The molecular formula is C22H22O4. The average molecular weight is 350 g/mol. The van der Waals surface area contributed by atoms with E-state index < -0.39 is 5.97 Å². The van der Waals surface area contributed by atoms with E-state index >= 15 is 0 Å². The molecule has 134 valence electrons. The fourth-order valence-electron chi connectivity index (χ4n) is 3.35. The lowest BCUT2D eigenvalue weighted by Crippen LogP contribution is -2.06. The van der Waals surface area contributed by atoms with Gasteiger partial charge in [-0.3, -0.25) is 4.79 Å². The Bertz CT molecular complexity index is 843. The van der Waals surface area contributed by atoms with Gasteiger partial charge in [-0.25, -0.2) is 0 Å². The summed E-state index contributed by atoms with van der Waals surface area (Å²) in [4.78, 5) is 11.0. The maximum atomic E-state index is 11.0. The summed E-state index contributed by atoms with van der Waals surface area (Å²) in [6, 6.07) is 13.7. The summed E-state index contributed by atoms with van der Waals surface area (Å²) in [5.41, 5.74) is 3.37. The Hall–Kier alpha value is -2.93. The highest BCUT2D eigenvalue weighted by molar-refractivity contribution is 5.69. The van der Waals surface area contributed by atoms with Crippen molar-refractivity contribution in [2.24, 2.45) is 0 Å². The Kier molecular flexibility index (Phi) is 5.48. The third kappa shape index (κ3) is 4.00. The van der Waals surface area contributed by atoms with Crippen LogP contribution in [0.4, 0.5) is 0 Å². The van der Waals surface area contributed by atoms with Crippen molar-refractivity contribution in [2.45, 2.75) is 38.2 Å². The van der Waals surface area contributed by atoms with Crippen LogP contribution in [0.5, 0.6) is 11.5 Å². The zero-order valence-electron chi connectivity index (χ0n) is 15.0. The first-order chi connectivity index (χ1) is 12.6. The molecule has 2 aromatic carbocycles. The molecule has 1 N–H and O–H groups in total. The summed E-state index contributed by atoms with van der Waals surface area (Å²) in [6.45, 7) is 1.72. The van der Waals surface area contributed by atoms with Crippen molar-refractivity contribution >= 4 is 5.97 Å². The molecule has 0 fully saturated rings. The largest absolute Gasteiger partial charge is 0.497 e. The van der Waals surface area contributed by atoms with Crippen molar-refractivity contribution in [3.63, 3.8) is 0 Å². The first-order valence-corrected chi connectivity index (χ1v) is 8.68. The minimum Gasteiger partial charge on any atom is -0.497 e. The fraction of sp³-hybridized carbons (Fsp3) is 0.318. The second kappa shape index (κ2) is 7.97. The van der Waals surface area contributed by atoms with Crippen LogP contribution in [-0.2, 0) is 11.2 Å². The molecule has 0 radical (unpaired) electrons. The first-order valence-electron chi connectivity index (χ1n) is 8.68. The van der Waals surface area contributed by atoms with Gasteiger partial charge in [-0.1, -0.05) is 24.1 Å². The van der Waals surface area contributed by atoms with Gasteiger partial charge in [-0.2, -0.15) is 0 Å². The predicted octanol–water partition coefficient (Wildman–Crippen LogP) is 4.34. The molecule has 0 saturated heterocycles. The van der Waals surface area contributed by atoms with E-state index in [1.165, 1.54) is 11.1 Å². The van der Waals surface area contributed by atoms with Gasteiger partial charge in [0.05, 0.1) is 19.4 Å². The van der Waals surface area contributed by atoms with E-state index in [1.807, 2.05) is 30.3 Å². The number of carboxylic acid groups (broad SMARTS) is 1. The quantitative estimate of drug-likeness (QED) is 0.787. The van der Waals surface area contributed by atoms with Gasteiger partial charge in [-0.05, 0) is 60.7 Å². The van der Waals surface area contributed by atoms with Crippen molar-refractivity contribution in [1.82, 2.24) is 0 Å². The summed E-state index contributed by atoms with van der Waals surface area (Å²) in [6.07, 6.45) is 1.95. The number of methoxy groups -OCH3 is 1. The summed E-state index contributed by atoms with van der Waals surface area (Å²) in [5.74, 6) is 6.27. The summed E-state index contributed by atoms with van der Waals surface area (Å²) in [7, 11) is 1.67. The molecule has 2 aromatic rings. The molecule has 1 unspecified atom stereocenters. The summed E-state index contributed by atoms with van der Waals surface area (Å²) < 4.78 is 11.4. The third-order valence-electron chi connectivity index (χ3n) is 4.63. The summed E-state index contributed by atoms with van der Waals surface area (Å²) >= 11 is 0. The summed E-state index contributed by atoms with van der Waals surface area (Å²) in [5, 5.41) is 9.05. The van der Waals surface area contributed by atoms with Crippen LogP contribution in [0.2, 0.25) is 0 Å². The topological polar surface area (TPSA) is 55.8 Å². The number of rotatable bonds is 6. The Labute approximate surface area is 153 Å². The van der Waals surface area contributed by atoms with Gasteiger partial charge in [0.15, 0.2) is 0 Å². The number of ether oxygens (including phenoxy) is 2. The van der Waals surface area contributed by atoms with Gasteiger partial charge in [-0.15, -0.1) is 5.92 Å². The van der Waals surface area contributed by atoms with Gasteiger partial charge in [0.2, 0.25) is 0 Å². The zero-order chi connectivity index (χ0) is 18.5. The molecule has 2 atom stereocenters. The molecule has 1 aliphatic rings. The highest BCUT2D eigenvalue weighted by atomic mass is 16.5. The predicted molar refractivity (Wildman–Crippen MR) is 99.6 cm³/mol. The molecule has 1 aliphatic carbocycles. The number of aliphatic carboxylic acids is 1. The monoisotopic (exact) mass is 350 g/mol. The van der Waals surface area contributed by atoms with Crippen LogP contribution in [-0.4, -0.2) is 18.2 Å². The second-order valence-electron chi connectivity index (χ2n) is 6.32. The molecule has 26 heavy (non-hydrogen) atoms. The number of hydrogen-bond donors (Lipinski definition) is 1. The van der Waals surface area contributed by atoms with Gasteiger partial charge in [0.25, 0.3) is 0 Å². The Morgan fingerprint density at radius 1 is 1.23 bits per heavy atom. The van der Waals surface area contributed by atoms with E-state index in [0.717, 1.165) is 29.9 Å². The Morgan fingerprint density at radius 3 is 2.62 bits per heavy atom. The van der Waals surface area contributed by atoms with Crippen molar-refractivity contribution in [3.05, 3.63) is 59.2 Å². The van der Waals surface area contributed by atoms with E-state index in [0.29, 0.717) is 0 Å². The number of benzene rings is 2. The SMILES string of the molecule is CC#C[C@@H](CC(=O)O)c1ccc(OC2CCc3cc(OC)ccc32)cc1. The van der Waals surface area contributed by atoms with Crippen LogP contribution in [0.3, 0.4) is 0 Å². The second-order valence-corrected chi connectivity index (χ2v) is 6.32. The van der Waals surface area contributed by atoms with Crippen LogP contribution >= 0.6 is 0 Å². The van der Waals surface area contributed by atoms with E-state index in [2.05, 4.69) is 24.0 Å². The lowest BCUT2D eigenvalue weighted by molar-refractivity contribution is -0.137. The van der Waals surface area contributed by atoms with E-state index in [9.17, 15) is 4.79 Å². The van der Waals surface area contributed by atoms with Crippen molar-refractivity contribution in [3.8, 4) is 23.3 Å². The normalized spacial score (nSPS) is 16.2.